The van der Waals surface area contributed by atoms with Gasteiger partial charge in [-0.05, 0) is 201 Å². The van der Waals surface area contributed by atoms with Crippen molar-refractivity contribution >= 4 is 95.1 Å². The van der Waals surface area contributed by atoms with E-state index >= 15 is 0 Å². The first-order valence-electron chi connectivity index (χ1n) is 39.9. The van der Waals surface area contributed by atoms with Crippen LogP contribution in [0, 0.1) is 34.6 Å². The Morgan fingerprint density at radius 2 is 0.759 bits per heavy atom. The zero-order valence-electron chi connectivity index (χ0n) is 70.0. The minimum Gasteiger partial charge on any atom is -0.491 e. The summed E-state index contributed by atoms with van der Waals surface area (Å²) in [6.45, 7) is 31.1. The van der Waals surface area contributed by atoms with E-state index in [1.165, 1.54) is 32.8 Å². The molecule has 12 aromatic heterocycles. The molecule has 0 amide bonds. The highest BCUT2D eigenvalue weighted by atomic mass is 16.5. The number of hydrogen-bond acceptors (Lipinski definition) is 7. The predicted octanol–water partition coefficient (Wildman–Crippen LogP) is 16.7. The Labute approximate surface area is 674 Å². The van der Waals surface area contributed by atoms with Crippen molar-refractivity contribution < 1.29 is 46.5 Å². The normalized spacial score (nSPS) is 11.8. The molecule has 12 heterocycles. The van der Waals surface area contributed by atoms with Gasteiger partial charge in [0.1, 0.15) is 130 Å². The van der Waals surface area contributed by atoms with Gasteiger partial charge in [-0.15, -0.1) is 0 Å². The Balaban J connectivity index is 0.000000109. The molecule has 0 N–H and O–H groups in total. The minimum absolute atomic E-state index is 0.139. The number of aryl methyl sites for hydroxylation is 7. The molecule has 0 radical (unpaired) electrons. The molecule has 0 spiro atoms. The molecule has 0 aliphatic rings. The van der Waals surface area contributed by atoms with Crippen LogP contribution in [0.4, 0.5) is 0 Å². The van der Waals surface area contributed by atoms with E-state index in [0.717, 1.165) is 136 Å². The van der Waals surface area contributed by atoms with Crippen LogP contribution in [-0.4, -0.2) is 85.0 Å². The fraction of sp³-hybridized carbons (Fsp3) is 0.266. The van der Waals surface area contributed by atoms with Gasteiger partial charge in [-0.3, -0.25) is 8.80 Å². The topological polar surface area (TPSA) is 137 Å². The van der Waals surface area contributed by atoms with Gasteiger partial charge >= 0.3 is 28.9 Å². The summed E-state index contributed by atoms with van der Waals surface area (Å²) in [5.74, 6) is 9.90. The molecule has 116 heavy (non-hydrogen) atoms. The second-order valence-corrected chi connectivity index (χ2v) is 31.3. The molecule has 20 rings (SSSR count). The largest absolute Gasteiger partial charge is 0.491 e. The molecule has 22 heteroatoms. The number of aromatic nitrogens is 17. The van der Waals surface area contributed by atoms with Gasteiger partial charge in [-0.25, -0.2) is 36.4 Å². The average molecular weight is 1550 g/mol. The Morgan fingerprint density at radius 1 is 0.319 bits per heavy atom. The third-order valence-corrected chi connectivity index (χ3v) is 21.4. The average Bonchev–Trinajstić information content (AvgIpc) is 1.56. The van der Waals surface area contributed by atoms with E-state index in [4.69, 9.17) is 28.7 Å². The van der Waals surface area contributed by atoms with Crippen molar-refractivity contribution in [3.63, 3.8) is 0 Å². The number of imidazole rings is 10. The Morgan fingerprint density at radius 3 is 1.34 bits per heavy atom. The summed E-state index contributed by atoms with van der Waals surface area (Å²) >= 11 is 0. The van der Waals surface area contributed by atoms with Crippen molar-refractivity contribution in [3.05, 3.63) is 266 Å². The number of rotatable bonds is 13. The number of hydrogen-bond donors (Lipinski definition) is 0. The van der Waals surface area contributed by atoms with Crippen molar-refractivity contribution in [2.24, 2.45) is 35.2 Å². The molecule has 0 atom stereocenters. The Bertz CT molecular complexity index is 7100. The molecule has 0 aliphatic heterocycles. The fourth-order valence-electron chi connectivity index (χ4n) is 16.3. The quantitative estimate of drug-likeness (QED) is 0.105. The molecule has 590 valence electrons. The van der Waals surface area contributed by atoms with Gasteiger partial charge in [0.05, 0.1) is 111 Å². The molecule has 22 nitrogen and oxygen atoms in total. The molecule has 0 unspecified atom stereocenters. The van der Waals surface area contributed by atoms with Crippen LogP contribution < -0.4 is 46.5 Å². The van der Waals surface area contributed by atoms with E-state index in [1.54, 1.807) is 0 Å². The molecule has 0 aliphatic carbocycles. The van der Waals surface area contributed by atoms with Crippen molar-refractivity contribution in [1.82, 2.24) is 54.5 Å². The number of benzene rings is 8. The number of para-hydroxylation sites is 6. The first kappa shape index (κ1) is 76.6. The maximum Gasteiger partial charge on any atom is 0.374 e. The smallest absolute Gasteiger partial charge is 0.374 e. The maximum atomic E-state index is 6.06. The highest BCUT2D eigenvalue weighted by molar-refractivity contribution is 6.00. The van der Waals surface area contributed by atoms with Gasteiger partial charge in [-0.1, -0.05) is 54.6 Å². The SMILES string of the molecule is Cc1c(OC(C)C)ccc2c1c1n(cc[n+]1C)c1nc3ccccc3n21.Cc1c(OC(C)C)ccc2c1c1n(cc[n+]1C)c1nccn21.Cc1c(OC(C)C)cccc1-n1c2ccccc2n2cc[n+](C)c12.Cc1c(OC(C)C)cccc1-n1ccn2c3ccccc3[n+](C)c12.Cc1c(OC(C)C)cccc1-n1ccn2cc[n+](C)c12. The number of fused-ring (bicyclic) bond motifs is 21. The van der Waals surface area contributed by atoms with E-state index in [1.807, 2.05) is 62.8 Å². The van der Waals surface area contributed by atoms with Gasteiger partial charge in [0.25, 0.3) is 11.3 Å². The molecule has 8 aromatic carbocycles. The van der Waals surface area contributed by atoms with Gasteiger partial charge in [0.2, 0.25) is 0 Å². The van der Waals surface area contributed by atoms with E-state index in [9.17, 15) is 0 Å². The van der Waals surface area contributed by atoms with E-state index < -0.39 is 0 Å². The monoisotopic (exact) mass is 1550 g/mol. The van der Waals surface area contributed by atoms with E-state index in [0.29, 0.717) is 0 Å². The molecule has 0 bridgehead atoms. The zero-order chi connectivity index (χ0) is 81.4. The second kappa shape index (κ2) is 30.9. The Hall–Kier alpha value is -13.4. The lowest BCUT2D eigenvalue weighted by Gasteiger charge is -2.14. The van der Waals surface area contributed by atoms with Crippen LogP contribution in [-0.2, 0) is 35.2 Å². The van der Waals surface area contributed by atoms with Crippen LogP contribution in [0.15, 0.2) is 238 Å². The second-order valence-electron chi connectivity index (χ2n) is 31.3. The van der Waals surface area contributed by atoms with Gasteiger partial charge in [-0.2, -0.15) is 32.1 Å². The van der Waals surface area contributed by atoms with Crippen LogP contribution >= 0.6 is 0 Å². The van der Waals surface area contributed by atoms with Crippen molar-refractivity contribution in [1.29, 1.82) is 0 Å². The number of nitrogens with zero attached hydrogens (tertiary/aromatic N) is 17. The molecule has 0 fully saturated rings. The Kier molecular flexibility index (Phi) is 20.4. The zero-order valence-corrected chi connectivity index (χ0v) is 70.0. The van der Waals surface area contributed by atoms with Crippen LogP contribution in [0.5, 0.6) is 28.7 Å². The fourth-order valence-corrected chi connectivity index (χ4v) is 16.3. The van der Waals surface area contributed by atoms with Crippen LogP contribution in [0.2, 0.25) is 0 Å². The minimum atomic E-state index is 0.139. The van der Waals surface area contributed by atoms with Crippen LogP contribution in [0.3, 0.4) is 0 Å². The summed E-state index contributed by atoms with van der Waals surface area (Å²) < 4.78 is 62.5. The lowest BCUT2D eigenvalue weighted by molar-refractivity contribution is -0.647. The van der Waals surface area contributed by atoms with E-state index in [-0.39, 0.29) is 30.5 Å². The third kappa shape index (κ3) is 13.5. The van der Waals surface area contributed by atoms with Crippen molar-refractivity contribution in [3.8, 4) is 45.8 Å². The lowest BCUT2D eigenvalue weighted by Crippen LogP contribution is -2.29. The summed E-state index contributed by atoms with van der Waals surface area (Å²) in [6, 6.07) is 52.3. The summed E-state index contributed by atoms with van der Waals surface area (Å²) in [4.78, 5) is 9.38. The van der Waals surface area contributed by atoms with Gasteiger partial charge in [0, 0.05) is 40.2 Å². The summed E-state index contributed by atoms with van der Waals surface area (Å²) in [7, 11) is 10.4. The van der Waals surface area contributed by atoms with Crippen molar-refractivity contribution in [2.45, 2.75) is 134 Å². The van der Waals surface area contributed by atoms with Gasteiger partial charge < -0.3 is 23.7 Å². The third-order valence-electron chi connectivity index (χ3n) is 21.4. The van der Waals surface area contributed by atoms with Crippen LogP contribution in [0.25, 0.3) is 112 Å². The first-order valence-corrected chi connectivity index (χ1v) is 39.9. The first-order chi connectivity index (χ1) is 55.9. The van der Waals surface area contributed by atoms with Crippen molar-refractivity contribution in [2.75, 3.05) is 0 Å². The molecular weight excluding hydrogens is 1450 g/mol. The lowest BCUT2D eigenvalue weighted by atomic mass is 10.1. The highest BCUT2D eigenvalue weighted by Gasteiger charge is 2.29. The highest BCUT2D eigenvalue weighted by Crippen LogP contribution is 2.37. The molecule has 20 aromatic rings. The van der Waals surface area contributed by atoms with E-state index in [2.05, 4.69) is 387 Å². The maximum absolute atomic E-state index is 6.06. The molecule has 0 saturated carbocycles. The molecule has 0 saturated heterocycles. The summed E-state index contributed by atoms with van der Waals surface area (Å²) in [6.07, 6.45) is 29.6. The molecular formula is C94H104N17O5+5. The summed E-state index contributed by atoms with van der Waals surface area (Å²) in [5.41, 5.74) is 20.6. The summed E-state index contributed by atoms with van der Waals surface area (Å²) in [5, 5.41) is 2.38. The standard InChI is InChI=1S/C21H21N4O.2C20H22N3O.C17H19N4O.C16H20N3O/c1-13(2)26-18-10-9-17-19(14(18)3)20-23(4)11-12-24(20)21-22-15-7-5-6-8-16(15)25(17)21;1-14(2)24-19-11-7-10-16(15(19)3)22-12-13-23-18-9-6-5-8-17(18)21(4)20(22)23;1-14(2)24-19-11-7-10-16(15(19)3)23-18-9-6-5-8-17(18)22-13-12-21(4)20(22)23;1-11(2)22-14-6-5-13-15(12(14)3)16-19(4)9-10-21(16)17-18-7-8-20(13)17;1-12(2)20-15-7-5-6-14(13(15)3)19-11-10-18-9-8-17(4)16(18)19/h5-13H,1-4H3;2*5-14H,1-4H3;5-11H,1-4H3;5-12H,1-4H3/q5*+1. The number of ether oxygens (including phenoxy) is 5. The van der Waals surface area contributed by atoms with Crippen LogP contribution in [0.1, 0.15) is 97.1 Å². The van der Waals surface area contributed by atoms with Gasteiger partial charge in [0.15, 0.2) is 0 Å². The predicted molar refractivity (Wildman–Crippen MR) is 458 cm³/mol.